The predicted octanol–water partition coefficient (Wildman–Crippen LogP) is 6.20. The first-order valence-corrected chi connectivity index (χ1v) is 13.8. The molecule has 1 unspecified atom stereocenters. The van der Waals surface area contributed by atoms with Crippen LogP contribution in [0.15, 0.2) is 102 Å². The topological polar surface area (TPSA) is 105 Å². The van der Waals surface area contributed by atoms with Crippen LogP contribution in [0.5, 0.6) is 28.7 Å². The molecule has 0 saturated heterocycles. The van der Waals surface area contributed by atoms with E-state index in [1.165, 1.54) is 13.3 Å². The lowest BCUT2D eigenvalue weighted by Gasteiger charge is -2.13. The first kappa shape index (κ1) is 30.6. The highest BCUT2D eigenvalue weighted by molar-refractivity contribution is 5.92. The van der Waals surface area contributed by atoms with Gasteiger partial charge < -0.3 is 23.7 Å². The van der Waals surface area contributed by atoms with Crippen molar-refractivity contribution in [1.82, 2.24) is 5.43 Å². The Labute approximate surface area is 251 Å². The van der Waals surface area contributed by atoms with Crippen LogP contribution in [0.4, 0.5) is 0 Å². The van der Waals surface area contributed by atoms with E-state index < -0.39 is 18.0 Å². The first-order chi connectivity index (χ1) is 20.9. The average molecular weight is 583 g/mol. The van der Waals surface area contributed by atoms with Crippen molar-refractivity contribution >= 4 is 18.1 Å². The summed E-state index contributed by atoms with van der Waals surface area (Å²) in [4.78, 5) is 25.1. The molecule has 9 heteroatoms. The highest BCUT2D eigenvalue weighted by atomic mass is 16.6. The second kappa shape index (κ2) is 15.6. The Bertz CT molecular complexity index is 1500. The Hall–Kier alpha value is -5.31. The minimum absolute atomic E-state index is 0.249. The summed E-state index contributed by atoms with van der Waals surface area (Å²) in [5, 5.41) is 4.01. The number of hydrazone groups is 1. The molecule has 0 heterocycles. The molecule has 43 heavy (non-hydrogen) atoms. The average Bonchev–Trinajstić information content (AvgIpc) is 3.04. The number of nitrogens with zero attached hydrogens (tertiary/aromatic N) is 1. The molecule has 0 aromatic heterocycles. The SMILES string of the molecule is CCCOc1ccc(C(=O)Oc2ccc(/C=N/NC(=O)C(C)Oc3ccc(OCc4ccccc4)cc3)cc2OC)cc1. The van der Waals surface area contributed by atoms with Crippen LogP contribution < -0.4 is 29.1 Å². The number of rotatable bonds is 14. The molecular formula is C34H34N2O7. The lowest BCUT2D eigenvalue weighted by molar-refractivity contribution is -0.127. The number of benzene rings is 4. The van der Waals surface area contributed by atoms with E-state index in [1.54, 1.807) is 73.7 Å². The Morgan fingerprint density at radius 2 is 1.51 bits per heavy atom. The van der Waals surface area contributed by atoms with Crippen molar-refractivity contribution in [2.75, 3.05) is 13.7 Å². The number of carbonyl (C=O) groups is 2. The van der Waals surface area contributed by atoms with E-state index in [2.05, 4.69) is 10.5 Å². The van der Waals surface area contributed by atoms with Gasteiger partial charge in [0.15, 0.2) is 17.6 Å². The van der Waals surface area contributed by atoms with Gasteiger partial charge in [-0.2, -0.15) is 5.10 Å². The highest BCUT2D eigenvalue weighted by Crippen LogP contribution is 2.28. The summed E-state index contributed by atoms with van der Waals surface area (Å²) in [6.45, 7) is 4.71. The van der Waals surface area contributed by atoms with Crippen LogP contribution in [0.3, 0.4) is 0 Å². The van der Waals surface area contributed by atoms with Crippen molar-refractivity contribution in [1.29, 1.82) is 0 Å². The molecule has 9 nitrogen and oxygen atoms in total. The van der Waals surface area contributed by atoms with E-state index in [-0.39, 0.29) is 5.75 Å². The van der Waals surface area contributed by atoms with E-state index >= 15 is 0 Å². The molecule has 0 radical (unpaired) electrons. The number of esters is 1. The molecule has 1 atom stereocenters. The van der Waals surface area contributed by atoms with Gasteiger partial charge in [-0.3, -0.25) is 4.79 Å². The summed E-state index contributed by atoms with van der Waals surface area (Å²) >= 11 is 0. The van der Waals surface area contributed by atoms with Gasteiger partial charge in [-0.1, -0.05) is 37.3 Å². The van der Waals surface area contributed by atoms with Crippen molar-refractivity contribution in [3.8, 4) is 28.7 Å². The summed E-state index contributed by atoms with van der Waals surface area (Å²) in [5.41, 5.74) is 4.54. The molecule has 0 spiro atoms. The third kappa shape index (κ3) is 9.36. The summed E-state index contributed by atoms with van der Waals surface area (Å²) < 4.78 is 28.0. The van der Waals surface area contributed by atoms with E-state index in [4.69, 9.17) is 23.7 Å². The Morgan fingerprint density at radius 1 is 0.837 bits per heavy atom. The lowest BCUT2D eigenvalue weighted by atomic mass is 10.2. The number of amides is 1. The number of methoxy groups -OCH3 is 1. The second-order valence-corrected chi connectivity index (χ2v) is 9.41. The van der Waals surface area contributed by atoms with Gasteiger partial charge in [0.1, 0.15) is 23.9 Å². The summed E-state index contributed by atoms with van der Waals surface area (Å²) in [5.74, 6) is 1.53. The minimum Gasteiger partial charge on any atom is -0.494 e. The van der Waals surface area contributed by atoms with Gasteiger partial charge in [-0.15, -0.1) is 0 Å². The molecular weight excluding hydrogens is 548 g/mol. The van der Waals surface area contributed by atoms with Gasteiger partial charge in [0.2, 0.25) is 0 Å². The summed E-state index contributed by atoms with van der Waals surface area (Å²) in [6.07, 6.45) is 1.55. The molecule has 0 saturated carbocycles. The maximum Gasteiger partial charge on any atom is 0.343 e. The van der Waals surface area contributed by atoms with Gasteiger partial charge >= 0.3 is 5.97 Å². The molecule has 1 amide bonds. The quantitative estimate of drug-likeness (QED) is 0.0817. The molecule has 0 aliphatic heterocycles. The predicted molar refractivity (Wildman–Crippen MR) is 163 cm³/mol. The molecule has 0 fully saturated rings. The third-order valence-corrected chi connectivity index (χ3v) is 6.10. The fourth-order valence-corrected chi connectivity index (χ4v) is 3.79. The van der Waals surface area contributed by atoms with Crippen molar-refractivity contribution in [2.45, 2.75) is 33.0 Å². The van der Waals surface area contributed by atoms with E-state index in [9.17, 15) is 9.59 Å². The van der Waals surface area contributed by atoms with Gasteiger partial charge in [0.25, 0.3) is 5.91 Å². The molecule has 1 N–H and O–H groups in total. The Kier molecular flexibility index (Phi) is 11.1. The van der Waals surface area contributed by atoms with Crippen LogP contribution in [0.1, 0.15) is 41.8 Å². The fourth-order valence-electron chi connectivity index (χ4n) is 3.79. The molecule has 222 valence electrons. The zero-order valence-corrected chi connectivity index (χ0v) is 24.3. The number of carbonyl (C=O) groups excluding carboxylic acids is 2. The van der Waals surface area contributed by atoms with Crippen LogP contribution in [-0.2, 0) is 11.4 Å². The van der Waals surface area contributed by atoms with Crippen LogP contribution >= 0.6 is 0 Å². The van der Waals surface area contributed by atoms with Crippen LogP contribution in [-0.4, -0.2) is 37.9 Å². The number of nitrogens with one attached hydrogen (secondary N) is 1. The molecule has 0 bridgehead atoms. The fraction of sp³-hybridized carbons (Fsp3) is 0.206. The molecule has 0 aliphatic carbocycles. The Morgan fingerprint density at radius 3 is 2.21 bits per heavy atom. The minimum atomic E-state index is -0.795. The summed E-state index contributed by atoms with van der Waals surface area (Å²) in [6, 6.07) is 28.6. The van der Waals surface area contributed by atoms with Crippen molar-refractivity contribution in [3.63, 3.8) is 0 Å². The van der Waals surface area contributed by atoms with Crippen molar-refractivity contribution < 1.29 is 33.3 Å². The number of hydrogen-bond acceptors (Lipinski definition) is 8. The summed E-state index contributed by atoms with van der Waals surface area (Å²) in [7, 11) is 1.47. The Balaban J connectivity index is 1.26. The zero-order chi connectivity index (χ0) is 30.4. The maximum absolute atomic E-state index is 12.6. The highest BCUT2D eigenvalue weighted by Gasteiger charge is 2.15. The molecule has 4 rings (SSSR count). The zero-order valence-electron chi connectivity index (χ0n) is 24.3. The lowest BCUT2D eigenvalue weighted by Crippen LogP contribution is -2.33. The van der Waals surface area contributed by atoms with Gasteiger partial charge in [-0.25, -0.2) is 10.2 Å². The smallest absolute Gasteiger partial charge is 0.343 e. The van der Waals surface area contributed by atoms with E-state index in [0.717, 1.165) is 12.0 Å². The largest absolute Gasteiger partial charge is 0.494 e. The van der Waals surface area contributed by atoms with E-state index in [0.29, 0.717) is 47.3 Å². The molecule has 4 aromatic carbocycles. The molecule has 0 aliphatic rings. The third-order valence-electron chi connectivity index (χ3n) is 6.10. The van der Waals surface area contributed by atoms with Crippen LogP contribution in [0, 0.1) is 0 Å². The monoisotopic (exact) mass is 582 g/mol. The van der Waals surface area contributed by atoms with Crippen LogP contribution in [0.2, 0.25) is 0 Å². The van der Waals surface area contributed by atoms with Crippen molar-refractivity contribution in [2.24, 2.45) is 5.10 Å². The van der Waals surface area contributed by atoms with Gasteiger partial charge in [-0.05, 0) is 91.2 Å². The second-order valence-electron chi connectivity index (χ2n) is 9.41. The number of ether oxygens (including phenoxy) is 5. The van der Waals surface area contributed by atoms with E-state index in [1.807, 2.05) is 37.3 Å². The standard InChI is InChI=1S/C34H34N2O7/c1-4-20-40-28-13-11-27(12-14-28)34(38)43-31-19-10-26(21-32(31)39-3)22-35-36-33(37)24(2)42-30-17-15-29(16-18-30)41-23-25-8-6-5-7-9-25/h5-19,21-22,24H,4,20,23H2,1-3H3,(H,36,37)/b35-22+. The van der Waals surface area contributed by atoms with Crippen molar-refractivity contribution in [3.05, 3.63) is 114 Å². The normalized spacial score (nSPS) is 11.4. The first-order valence-electron chi connectivity index (χ1n) is 13.8. The van der Waals surface area contributed by atoms with Gasteiger partial charge in [0, 0.05) is 0 Å². The maximum atomic E-state index is 12.6. The molecule has 4 aromatic rings. The number of hydrogen-bond donors (Lipinski definition) is 1. The van der Waals surface area contributed by atoms with Gasteiger partial charge in [0.05, 0.1) is 25.5 Å². The van der Waals surface area contributed by atoms with Crippen LogP contribution in [0.25, 0.3) is 0 Å².